The maximum Gasteiger partial charge on any atom is 0.0991 e. The third kappa shape index (κ3) is 3.95. The molecular formula is C43H26N2. The minimum atomic E-state index is 0.666. The Balaban J connectivity index is 1.20. The van der Waals surface area contributed by atoms with Gasteiger partial charge in [0.15, 0.2) is 0 Å². The summed E-state index contributed by atoms with van der Waals surface area (Å²) in [6.45, 7) is 0. The summed E-state index contributed by atoms with van der Waals surface area (Å²) < 4.78 is 2.28. The second-order valence-electron chi connectivity index (χ2n) is 11.7. The highest BCUT2D eigenvalue weighted by molar-refractivity contribution is 6.21. The minimum Gasteiger partial charge on any atom is -0.309 e. The maximum absolute atomic E-state index is 9.67. The first-order valence-corrected chi connectivity index (χ1v) is 15.2. The van der Waals surface area contributed by atoms with Crippen molar-refractivity contribution in [1.82, 2.24) is 4.57 Å². The summed E-state index contributed by atoms with van der Waals surface area (Å²) in [6, 6.07) is 58.6. The van der Waals surface area contributed by atoms with E-state index in [1.165, 1.54) is 43.4 Å². The zero-order valence-corrected chi connectivity index (χ0v) is 24.4. The van der Waals surface area contributed by atoms with E-state index in [1.54, 1.807) is 0 Å². The molecule has 9 aromatic rings. The Labute approximate surface area is 260 Å². The van der Waals surface area contributed by atoms with Crippen LogP contribution in [0.25, 0.3) is 82.1 Å². The maximum atomic E-state index is 9.67. The van der Waals surface area contributed by atoms with Gasteiger partial charge in [0.25, 0.3) is 0 Å². The quantitative estimate of drug-likeness (QED) is 0.194. The van der Waals surface area contributed by atoms with Gasteiger partial charge in [-0.15, -0.1) is 0 Å². The van der Waals surface area contributed by atoms with E-state index in [4.69, 9.17) is 0 Å². The molecule has 0 N–H and O–H groups in total. The molecule has 208 valence electrons. The monoisotopic (exact) mass is 570 g/mol. The van der Waals surface area contributed by atoms with Gasteiger partial charge in [-0.1, -0.05) is 109 Å². The fraction of sp³-hybridized carbons (Fsp3) is 0. The molecule has 0 fully saturated rings. The molecule has 0 amide bonds. The zero-order chi connectivity index (χ0) is 29.9. The van der Waals surface area contributed by atoms with Crippen molar-refractivity contribution in [2.45, 2.75) is 0 Å². The Kier molecular flexibility index (Phi) is 5.60. The highest BCUT2D eigenvalue weighted by atomic mass is 15.0. The Morgan fingerprint density at radius 3 is 1.82 bits per heavy atom. The molecule has 9 rings (SSSR count). The average molecular weight is 571 g/mol. The highest BCUT2D eigenvalue weighted by Gasteiger charge is 2.15. The van der Waals surface area contributed by atoms with Crippen LogP contribution < -0.4 is 0 Å². The predicted molar refractivity (Wildman–Crippen MR) is 189 cm³/mol. The number of nitrogens with zero attached hydrogens (tertiary/aromatic N) is 2. The standard InChI is InChI=1S/C43H26N2/c44-27-28-14-22-42-40(24-28)41-25-32(20-23-43(41)45(42)33-9-2-1-3-10-33)29-15-17-31(18-16-29)38-26-39-34-11-5-4-8-30(34)19-21-37(39)35-12-6-7-13-36(35)38/h1-26H. The van der Waals surface area contributed by atoms with Gasteiger partial charge in [-0.2, -0.15) is 5.26 Å². The van der Waals surface area contributed by atoms with Gasteiger partial charge in [0.1, 0.15) is 0 Å². The molecule has 1 heterocycles. The molecule has 0 spiro atoms. The summed E-state index contributed by atoms with van der Waals surface area (Å²) in [5, 5.41) is 19.5. The number of fused-ring (bicyclic) bond motifs is 8. The van der Waals surface area contributed by atoms with Gasteiger partial charge < -0.3 is 4.57 Å². The molecule has 0 aliphatic heterocycles. The minimum absolute atomic E-state index is 0.666. The fourth-order valence-electron chi connectivity index (χ4n) is 7.07. The van der Waals surface area contributed by atoms with Crippen LogP contribution in [0.15, 0.2) is 158 Å². The van der Waals surface area contributed by atoms with Crippen molar-refractivity contribution in [2.24, 2.45) is 0 Å². The molecular weight excluding hydrogens is 544 g/mol. The van der Waals surface area contributed by atoms with Gasteiger partial charge in [0.05, 0.1) is 22.7 Å². The van der Waals surface area contributed by atoms with Gasteiger partial charge in [-0.05, 0) is 103 Å². The number of hydrogen-bond donors (Lipinski definition) is 0. The van der Waals surface area contributed by atoms with E-state index in [1.807, 2.05) is 18.2 Å². The van der Waals surface area contributed by atoms with E-state index in [0.717, 1.165) is 38.6 Å². The van der Waals surface area contributed by atoms with Crippen molar-refractivity contribution < 1.29 is 0 Å². The van der Waals surface area contributed by atoms with E-state index in [0.29, 0.717) is 5.56 Å². The molecule has 0 aliphatic rings. The number of para-hydroxylation sites is 1. The van der Waals surface area contributed by atoms with Crippen molar-refractivity contribution in [2.75, 3.05) is 0 Å². The first-order chi connectivity index (χ1) is 22.3. The lowest BCUT2D eigenvalue weighted by molar-refractivity contribution is 1.18. The van der Waals surface area contributed by atoms with Crippen molar-refractivity contribution in [3.05, 3.63) is 163 Å². The lowest BCUT2D eigenvalue weighted by Gasteiger charge is -2.13. The van der Waals surface area contributed by atoms with Gasteiger partial charge >= 0.3 is 0 Å². The normalized spacial score (nSPS) is 11.5. The first kappa shape index (κ1) is 25.3. The van der Waals surface area contributed by atoms with Crippen LogP contribution in [0.2, 0.25) is 0 Å². The van der Waals surface area contributed by atoms with Gasteiger partial charge in [0, 0.05) is 16.5 Å². The molecule has 0 unspecified atom stereocenters. The molecule has 2 nitrogen and oxygen atoms in total. The second-order valence-corrected chi connectivity index (χ2v) is 11.7. The Hall–Kier alpha value is -6.17. The summed E-state index contributed by atoms with van der Waals surface area (Å²) in [6.07, 6.45) is 0. The number of aromatic nitrogens is 1. The van der Waals surface area contributed by atoms with Crippen LogP contribution in [0.3, 0.4) is 0 Å². The van der Waals surface area contributed by atoms with Gasteiger partial charge in [-0.3, -0.25) is 0 Å². The molecule has 0 atom stereocenters. The van der Waals surface area contributed by atoms with Crippen molar-refractivity contribution in [3.8, 4) is 34.0 Å². The van der Waals surface area contributed by atoms with Crippen LogP contribution in [-0.2, 0) is 0 Å². The highest BCUT2D eigenvalue weighted by Crippen LogP contribution is 2.39. The van der Waals surface area contributed by atoms with Crippen LogP contribution in [0.1, 0.15) is 5.56 Å². The predicted octanol–water partition coefficient (Wildman–Crippen LogP) is 11.4. The Morgan fingerprint density at radius 1 is 0.400 bits per heavy atom. The summed E-state index contributed by atoms with van der Waals surface area (Å²) in [4.78, 5) is 0. The third-order valence-electron chi connectivity index (χ3n) is 9.20. The van der Waals surface area contributed by atoms with Gasteiger partial charge in [-0.25, -0.2) is 0 Å². The molecule has 8 aromatic carbocycles. The average Bonchev–Trinajstić information content (AvgIpc) is 3.44. The van der Waals surface area contributed by atoms with Crippen LogP contribution >= 0.6 is 0 Å². The smallest absolute Gasteiger partial charge is 0.0991 e. The zero-order valence-electron chi connectivity index (χ0n) is 24.4. The molecule has 45 heavy (non-hydrogen) atoms. The summed E-state index contributed by atoms with van der Waals surface area (Å²) >= 11 is 0. The Bertz CT molecular complexity index is 2640. The van der Waals surface area contributed by atoms with E-state index in [2.05, 4.69) is 150 Å². The third-order valence-corrected chi connectivity index (χ3v) is 9.20. The summed E-state index contributed by atoms with van der Waals surface area (Å²) in [5.74, 6) is 0. The van der Waals surface area contributed by atoms with Crippen molar-refractivity contribution >= 4 is 54.1 Å². The largest absolute Gasteiger partial charge is 0.309 e. The van der Waals surface area contributed by atoms with E-state index in [9.17, 15) is 5.26 Å². The number of nitriles is 1. The van der Waals surface area contributed by atoms with Crippen LogP contribution in [0, 0.1) is 11.3 Å². The molecule has 0 bridgehead atoms. The molecule has 0 saturated carbocycles. The Morgan fingerprint density at radius 2 is 1.02 bits per heavy atom. The fourth-order valence-corrected chi connectivity index (χ4v) is 7.07. The molecule has 2 heteroatoms. The summed E-state index contributed by atoms with van der Waals surface area (Å²) in [5.41, 5.74) is 8.75. The molecule has 1 aromatic heterocycles. The number of rotatable bonds is 3. The molecule has 0 aliphatic carbocycles. The van der Waals surface area contributed by atoms with E-state index < -0.39 is 0 Å². The molecule has 0 saturated heterocycles. The SMILES string of the molecule is N#Cc1ccc2c(c1)c1cc(-c3ccc(-c4cc5c6ccccc6ccc5c5ccccc45)cc3)ccc1n2-c1ccccc1. The van der Waals surface area contributed by atoms with Crippen LogP contribution in [0.5, 0.6) is 0 Å². The van der Waals surface area contributed by atoms with Crippen molar-refractivity contribution in [3.63, 3.8) is 0 Å². The lowest BCUT2D eigenvalue weighted by atomic mass is 9.90. The van der Waals surface area contributed by atoms with Crippen molar-refractivity contribution in [1.29, 1.82) is 5.26 Å². The first-order valence-electron chi connectivity index (χ1n) is 15.2. The van der Waals surface area contributed by atoms with Crippen LogP contribution in [-0.4, -0.2) is 4.57 Å². The molecule has 0 radical (unpaired) electrons. The van der Waals surface area contributed by atoms with Crippen LogP contribution in [0.4, 0.5) is 0 Å². The van der Waals surface area contributed by atoms with Gasteiger partial charge in [0.2, 0.25) is 0 Å². The number of benzene rings is 8. The van der Waals surface area contributed by atoms with E-state index in [-0.39, 0.29) is 0 Å². The summed E-state index contributed by atoms with van der Waals surface area (Å²) in [7, 11) is 0. The van der Waals surface area contributed by atoms with E-state index >= 15 is 0 Å². The lowest BCUT2D eigenvalue weighted by Crippen LogP contribution is -1.93. The topological polar surface area (TPSA) is 28.7 Å². The number of hydrogen-bond acceptors (Lipinski definition) is 1. The second kappa shape index (κ2) is 9.95.